The second kappa shape index (κ2) is 18.5. The summed E-state index contributed by atoms with van der Waals surface area (Å²) < 4.78 is 23.1. The molecule has 1 heterocycles. The van der Waals surface area contributed by atoms with E-state index in [0.717, 1.165) is 72.3 Å². The van der Waals surface area contributed by atoms with Gasteiger partial charge in [-0.15, -0.1) is 0 Å². The molecular formula is C55H69NO8. The SMILES string of the molecule is COC(=O)COCc1c2cc(C(C)(C)C)cc1Cc1cc(C(C)(C)C)cc(c1O)Cc1cc(C(C)(C)C)cc(c1OCC(=O)NCc1ccco1)Cc1cc(C(C)(C)C)cc(c1O)C2. The van der Waals surface area contributed by atoms with E-state index in [1.165, 1.54) is 7.11 Å². The Bertz CT molecular complexity index is 2380. The largest absolute Gasteiger partial charge is 0.507 e. The molecule has 1 aliphatic carbocycles. The number of furan rings is 1. The molecule has 0 aliphatic heterocycles. The number of hydrogen-bond acceptors (Lipinski definition) is 8. The van der Waals surface area contributed by atoms with E-state index in [9.17, 15) is 19.8 Å². The van der Waals surface area contributed by atoms with E-state index in [-0.39, 0.29) is 65.4 Å². The van der Waals surface area contributed by atoms with Crippen molar-refractivity contribution in [3.63, 3.8) is 0 Å². The van der Waals surface area contributed by atoms with Gasteiger partial charge in [-0.05, 0) is 106 Å². The molecule has 0 atom stereocenters. The van der Waals surface area contributed by atoms with E-state index >= 15 is 0 Å². The monoisotopic (exact) mass is 872 g/mol. The molecule has 0 spiro atoms. The second-order valence-electron chi connectivity index (χ2n) is 21.6. The number of phenolic OH excluding ortho intramolecular Hbond substituents is 2. The molecule has 4 aromatic carbocycles. The van der Waals surface area contributed by atoms with Crippen molar-refractivity contribution in [3.05, 3.63) is 145 Å². The number of fused-ring (bicyclic) bond motifs is 8. The van der Waals surface area contributed by atoms with Crippen LogP contribution in [0, 0.1) is 0 Å². The molecule has 342 valence electrons. The van der Waals surface area contributed by atoms with Gasteiger partial charge in [-0.25, -0.2) is 4.79 Å². The van der Waals surface area contributed by atoms with Crippen molar-refractivity contribution in [2.45, 2.75) is 144 Å². The van der Waals surface area contributed by atoms with E-state index in [4.69, 9.17) is 18.6 Å². The van der Waals surface area contributed by atoms with Crippen LogP contribution in [0.1, 0.15) is 161 Å². The zero-order valence-corrected chi connectivity index (χ0v) is 40.4. The van der Waals surface area contributed by atoms with Gasteiger partial charge < -0.3 is 34.2 Å². The maximum atomic E-state index is 13.4. The highest BCUT2D eigenvalue weighted by molar-refractivity contribution is 5.77. The van der Waals surface area contributed by atoms with Gasteiger partial charge in [0.2, 0.25) is 0 Å². The maximum Gasteiger partial charge on any atom is 0.331 e. The standard InChI is InChI=1S/C55H69NO8/c1-52(2,3)41-21-33-17-35-23-42(53(4,5)6)25-37(49(35)59)19-39-27-44(55(10,11)12)28-40(51(39)64-31-47(57)56-29-45-15-14-16-63-45)20-38-26-43(54(7,8)9)24-36(50(38)60)18-34(22-41)46(33)30-62-32-48(58)61-13/h14-16,21-28,59-60H,17-20,29-32H2,1-13H3,(H,56,57). The molecule has 0 radical (unpaired) electrons. The number of ether oxygens (including phenoxy) is 3. The fourth-order valence-corrected chi connectivity index (χ4v) is 8.20. The number of carbonyl (C=O) groups is 2. The Balaban J connectivity index is 1.65. The Kier molecular flexibility index (Phi) is 13.9. The molecule has 64 heavy (non-hydrogen) atoms. The van der Waals surface area contributed by atoms with Crippen molar-refractivity contribution >= 4 is 11.9 Å². The molecule has 0 saturated heterocycles. The number of phenols is 2. The van der Waals surface area contributed by atoms with Crippen LogP contribution in [-0.2, 0) is 79.6 Å². The minimum absolute atomic E-state index is 0.124. The van der Waals surface area contributed by atoms with Gasteiger partial charge in [0.05, 0.1) is 26.5 Å². The van der Waals surface area contributed by atoms with Crippen LogP contribution in [-0.4, -0.2) is 42.4 Å². The maximum absolute atomic E-state index is 13.4. The van der Waals surface area contributed by atoms with Gasteiger partial charge in [-0.1, -0.05) is 132 Å². The topological polar surface area (TPSA) is 127 Å². The van der Waals surface area contributed by atoms with Crippen LogP contribution < -0.4 is 10.1 Å². The van der Waals surface area contributed by atoms with E-state index < -0.39 is 5.97 Å². The van der Waals surface area contributed by atoms with Crippen molar-refractivity contribution in [2.75, 3.05) is 20.3 Å². The first-order chi connectivity index (χ1) is 29.8. The van der Waals surface area contributed by atoms with Crippen LogP contribution in [0.5, 0.6) is 17.2 Å². The highest BCUT2D eigenvalue weighted by Gasteiger charge is 2.28. The van der Waals surface area contributed by atoms with Gasteiger partial charge in [0, 0.05) is 25.7 Å². The molecule has 5 aromatic rings. The summed E-state index contributed by atoms with van der Waals surface area (Å²) in [4.78, 5) is 25.8. The highest BCUT2D eigenvalue weighted by atomic mass is 16.6. The second-order valence-corrected chi connectivity index (χ2v) is 21.6. The smallest absolute Gasteiger partial charge is 0.331 e. The van der Waals surface area contributed by atoms with Crippen LogP contribution in [0.15, 0.2) is 71.3 Å². The van der Waals surface area contributed by atoms with Crippen LogP contribution in [0.4, 0.5) is 0 Å². The first kappa shape index (κ1) is 47.9. The normalized spacial score (nSPS) is 13.4. The van der Waals surface area contributed by atoms with Gasteiger partial charge in [-0.3, -0.25) is 4.79 Å². The Labute approximate surface area is 380 Å². The molecule has 9 heteroatoms. The molecule has 1 aliphatic rings. The van der Waals surface area contributed by atoms with E-state index in [0.29, 0.717) is 37.2 Å². The number of rotatable bonds is 9. The minimum Gasteiger partial charge on any atom is -0.507 e. The molecule has 3 N–H and O–H groups in total. The van der Waals surface area contributed by atoms with Crippen LogP contribution >= 0.6 is 0 Å². The molecule has 9 nitrogen and oxygen atoms in total. The lowest BCUT2D eigenvalue weighted by Gasteiger charge is -2.28. The van der Waals surface area contributed by atoms with Gasteiger partial charge in [-0.2, -0.15) is 0 Å². The molecule has 6 rings (SSSR count). The quantitative estimate of drug-likeness (QED) is 0.123. The lowest BCUT2D eigenvalue weighted by Crippen LogP contribution is -2.28. The third kappa shape index (κ3) is 11.4. The summed E-state index contributed by atoms with van der Waals surface area (Å²) in [7, 11) is 1.34. The average Bonchev–Trinajstić information content (AvgIpc) is 3.72. The lowest BCUT2D eigenvalue weighted by molar-refractivity contribution is -0.146. The summed E-state index contributed by atoms with van der Waals surface area (Å²) >= 11 is 0. The zero-order chi connectivity index (χ0) is 46.9. The number of nitrogens with one attached hydrogen (secondary N) is 1. The Morgan fingerprint density at radius 2 is 0.984 bits per heavy atom. The summed E-state index contributed by atoms with van der Waals surface area (Å²) in [6, 6.07) is 20.6. The van der Waals surface area contributed by atoms with Crippen molar-refractivity contribution in [3.8, 4) is 17.2 Å². The van der Waals surface area contributed by atoms with Crippen LogP contribution in [0.3, 0.4) is 0 Å². The van der Waals surface area contributed by atoms with E-state index in [2.05, 4.69) is 137 Å². The molecule has 0 unspecified atom stereocenters. The predicted molar refractivity (Wildman–Crippen MR) is 253 cm³/mol. The Morgan fingerprint density at radius 1 is 0.594 bits per heavy atom. The van der Waals surface area contributed by atoms with Gasteiger partial charge in [0.1, 0.15) is 29.6 Å². The van der Waals surface area contributed by atoms with Crippen molar-refractivity contribution in [2.24, 2.45) is 0 Å². The summed E-state index contributed by atoms with van der Waals surface area (Å²) in [6.07, 6.45) is 2.95. The van der Waals surface area contributed by atoms with Gasteiger partial charge in [0.15, 0.2) is 6.61 Å². The van der Waals surface area contributed by atoms with Crippen molar-refractivity contribution < 1.29 is 38.4 Å². The number of carbonyl (C=O) groups excluding carboxylic acids is 2. The summed E-state index contributed by atoms with van der Waals surface area (Å²) in [5.41, 5.74) is 10.7. The number of benzene rings is 4. The Morgan fingerprint density at radius 3 is 1.36 bits per heavy atom. The molecule has 0 saturated carbocycles. The fraction of sp³-hybridized carbons (Fsp3) is 0.455. The van der Waals surface area contributed by atoms with Crippen LogP contribution in [0.25, 0.3) is 0 Å². The first-order valence-electron chi connectivity index (χ1n) is 22.4. The van der Waals surface area contributed by atoms with Crippen molar-refractivity contribution in [1.82, 2.24) is 5.32 Å². The van der Waals surface area contributed by atoms with E-state index in [1.807, 2.05) is 0 Å². The highest BCUT2D eigenvalue weighted by Crippen LogP contribution is 2.42. The van der Waals surface area contributed by atoms with Crippen LogP contribution in [0.2, 0.25) is 0 Å². The number of methoxy groups -OCH3 is 1. The van der Waals surface area contributed by atoms with Crippen molar-refractivity contribution in [1.29, 1.82) is 0 Å². The van der Waals surface area contributed by atoms with Gasteiger partial charge >= 0.3 is 5.97 Å². The fourth-order valence-electron chi connectivity index (χ4n) is 8.20. The predicted octanol–water partition coefficient (Wildman–Crippen LogP) is 10.9. The first-order valence-corrected chi connectivity index (χ1v) is 22.4. The summed E-state index contributed by atoms with van der Waals surface area (Å²) in [5.74, 6) is 0.771. The number of amides is 1. The summed E-state index contributed by atoms with van der Waals surface area (Å²) in [6.45, 7) is 26.0. The third-order valence-electron chi connectivity index (χ3n) is 12.3. The average molecular weight is 872 g/mol. The molecular weight excluding hydrogens is 803 g/mol. The number of aromatic hydroxyl groups is 2. The molecule has 1 amide bonds. The third-order valence-corrected chi connectivity index (χ3v) is 12.3. The summed E-state index contributed by atoms with van der Waals surface area (Å²) in [5, 5.41) is 27.9. The lowest BCUT2D eigenvalue weighted by atomic mass is 9.78. The zero-order valence-electron chi connectivity index (χ0n) is 40.4. The molecule has 1 aromatic heterocycles. The minimum atomic E-state index is -0.472. The Hall–Kier alpha value is -5.54. The molecule has 8 bridgehead atoms. The number of esters is 1. The molecule has 0 fully saturated rings. The van der Waals surface area contributed by atoms with Gasteiger partial charge in [0.25, 0.3) is 5.91 Å². The van der Waals surface area contributed by atoms with E-state index in [1.54, 1.807) is 18.4 Å². The number of hydrogen-bond donors (Lipinski definition) is 3.